The average molecular weight is 532 g/mol. The van der Waals surface area contributed by atoms with Crippen LogP contribution in [0.5, 0.6) is 0 Å². The summed E-state index contributed by atoms with van der Waals surface area (Å²) < 4.78 is 30.6. The Kier molecular flexibility index (Phi) is 9.31. The first-order valence-corrected chi connectivity index (χ1v) is 14.3. The van der Waals surface area contributed by atoms with Crippen molar-refractivity contribution in [2.45, 2.75) is 57.9 Å². The molecule has 0 atom stereocenters. The van der Waals surface area contributed by atoms with E-state index in [-0.39, 0.29) is 11.4 Å². The van der Waals surface area contributed by atoms with Gasteiger partial charge in [-0.05, 0) is 61.7 Å². The molecule has 0 saturated carbocycles. The van der Waals surface area contributed by atoms with E-state index in [4.69, 9.17) is 18.0 Å². The molecule has 0 aliphatic rings. The van der Waals surface area contributed by atoms with Crippen molar-refractivity contribution in [3.05, 3.63) is 57.3 Å². The Labute approximate surface area is 216 Å². The number of hydrogen-bond acceptors (Lipinski definition) is 4. The van der Waals surface area contributed by atoms with Crippen LogP contribution in [0.1, 0.15) is 55.5 Å². The van der Waals surface area contributed by atoms with Crippen LogP contribution in [-0.2, 0) is 16.6 Å². The van der Waals surface area contributed by atoms with E-state index in [1.807, 2.05) is 32.9 Å². The first-order valence-electron chi connectivity index (χ1n) is 11.7. The number of carbonyl (C=O) groups excluding carboxylic acids is 1. The summed E-state index contributed by atoms with van der Waals surface area (Å²) in [5, 5.41) is 0.614. The molecule has 0 aliphatic carbocycles. The fraction of sp³-hybridized carbons (Fsp3) is 0.385. The van der Waals surface area contributed by atoms with Crippen molar-refractivity contribution >= 4 is 49.1 Å². The van der Waals surface area contributed by atoms with Crippen molar-refractivity contribution in [1.29, 1.82) is 0 Å². The van der Waals surface area contributed by atoms with Crippen molar-refractivity contribution in [2.75, 3.05) is 13.1 Å². The van der Waals surface area contributed by atoms with E-state index in [1.165, 1.54) is 39.9 Å². The maximum absolute atomic E-state index is 13.2. The highest BCUT2D eigenvalue weighted by atomic mass is 35.5. The Hall–Kier alpha value is -2.44. The standard InChI is InChI=1S/C26H30ClN3O3S2/c1-5-8-17-29(18-9-6-2)35(32,33)21-12-10-20(11-13-21)25(31)28-26-30(16-7-3)24-19(4)22(27)14-15-23(24)34-26/h3,10-15H,5-6,8-9,16-18H2,1-2,4H3. The number of aromatic nitrogens is 1. The molecule has 186 valence electrons. The lowest BCUT2D eigenvalue weighted by Crippen LogP contribution is -2.33. The molecular formula is C26H30ClN3O3S2. The summed E-state index contributed by atoms with van der Waals surface area (Å²) in [4.78, 5) is 17.9. The van der Waals surface area contributed by atoms with Gasteiger partial charge in [-0.15, -0.1) is 6.42 Å². The number of aryl methyl sites for hydroxylation is 1. The van der Waals surface area contributed by atoms with Crippen LogP contribution in [-0.4, -0.2) is 36.3 Å². The van der Waals surface area contributed by atoms with Gasteiger partial charge in [0.2, 0.25) is 10.0 Å². The minimum Gasteiger partial charge on any atom is -0.304 e. The number of carbonyl (C=O) groups is 1. The van der Waals surface area contributed by atoms with Gasteiger partial charge in [0.05, 0.1) is 21.7 Å². The average Bonchev–Trinajstić information content (AvgIpc) is 3.19. The van der Waals surface area contributed by atoms with E-state index in [0.717, 1.165) is 41.5 Å². The van der Waals surface area contributed by atoms with Crippen molar-refractivity contribution in [3.8, 4) is 12.3 Å². The molecule has 0 bridgehead atoms. The van der Waals surface area contributed by atoms with E-state index in [2.05, 4.69) is 10.9 Å². The second-order valence-electron chi connectivity index (χ2n) is 8.25. The second-order valence-corrected chi connectivity index (χ2v) is 11.6. The summed E-state index contributed by atoms with van der Waals surface area (Å²) in [5.41, 5.74) is 2.03. The third-order valence-corrected chi connectivity index (χ3v) is 9.10. The summed E-state index contributed by atoms with van der Waals surface area (Å²) in [5.74, 6) is 2.14. The fourth-order valence-corrected chi connectivity index (χ4v) is 6.49. The van der Waals surface area contributed by atoms with Crippen LogP contribution in [0.2, 0.25) is 5.02 Å². The van der Waals surface area contributed by atoms with E-state index < -0.39 is 15.9 Å². The highest BCUT2D eigenvalue weighted by Crippen LogP contribution is 2.27. The van der Waals surface area contributed by atoms with Crippen molar-refractivity contribution in [3.63, 3.8) is 0 Å². The van der Waals surface area contributed by atoms with Crippen LogP contribution >= 0.6 is 22.9 Å². The molecule has 0 saturated heterocycles. The predicted octanol–water partition coefficient (Wildman–Crippen LogP) is 5.63. The van der Waals surface area contributed by atoms with E-state index in [0.29, 0.717) is 28.5 Å². The number of fused-ring (bicyclic) bond motifs is 1. The number of thiazole rings is 1. The molecule has 1 aromatic heterocycles. The zero-order chi connectivity index (χ0) is 25.6. The van der Waals surface area contributed by atoms with Crippen LogP contribution < -0.4 is 4.80 Å². The molecule has 3 rings (SSSR count). The molecule has 35 heavy (non-hydrogen) atoms. The lowest BCUT2D eigenvalue weighted by molar-refractivity contribution is 0.0997. The normalized spacial score (nSPS) is 12.4. The van der Waals surface area contributed by atoms with Gasteiger partial charge in [-0.25, -0.2) is 8.42 Å². The number of nitrogens with zero attached hydrogens (tertiary/aromatic N) is 3. The van der Waals surface area contributed by atoms with Gasteiger partial charge in [-0.2, -0.15) is 9.30 Å². The van der Waals surface area contributed by atoms with E-state index in [9.17, 15) is 13.2 Å². The van der Waals surface area contributed by atoms with Gasteiger partial charge in [0.25, 0.3) is 5.91 Å². The molecule has 3 aromatic rings. The quantitative estimate of drug-likeness (QED) is 0.318. The topological polar surface area (TPSA) is 71.7 Å². The molecule has 0 unspecified atom stereocenters. The zero-order valence-electron chi connectivity index (χ0n) is 20.3. The molecule has 6 nitrogen and oxygen atoms in total. The Morgan fingerprint density at radius 3 is 2.31 bits per heavy atom. The van der Waals surface area contributed by atoms with Crippen LogP contribution in [0.3, 0.4) is 0 Å². The molecule has 0 aliphatic heterocycles. The lowest BCUT2D eigenvalue weighted by Gasteiger charge is -2.22. The zero-order valence-corrected chi connectivity index (χ0v) is 22.6. The smallest absolute Gasteiger partial charge is 0.279 e. The molecule has 9 heteroatoms. The Morgan fingerprint density at radius 1 is 1.11 bits per heavy atom. The first kappa shape index (κ1) is 27.2. The molecule has 1 amide bonds. The number of terminal acetylenes is 1. The minimum atomic E-state index is -3.63. The van der Waals surface area contributed by atoms with Crippen LogP contribution in [0.4, 0.5) is 0 Å². The number of rotatable bonds is 10. The molecule has 0 fully saturated rings. The predicted molar refractivity (Wildman–Crippen MR) is 143 cm³/mol. The first-order chi connectivity index (χ1) is 16.7. The second kappa shape index (κ2) is 12.0. The van der Waals surface area contributed by atoms with Crippen molar-refractivity contribution < 1.29 is 13.2 Å². The molecular weight excluding hydrogens is 502 g/mol. The van der Waals surface area contributed by atoms with Gasteiger partial charge >= 0.3 is 0 Å². The minimum absolute atomic E-state index is 0.177. The molecule has 0 N–H and O–H groups in total. The van der Waals surface area contributed by atoms with Gasteiger partial charge in [0.15, 0.2) is 4.80 Å². The Bertz CT molecular complexity index is 1410. The fourth-order valence-electron chi connectivity index (χ4n) is 3.73. The third kappa shape index (κ3) is 6.04. The van der Waals surface area contributed by atoms with Crippen LogP contribution in [0.25, 0.3) is 10.2 Å². The van der Waals surface area contributed by atoms with Crippen LogP contribution in [0.15, 0.2) is 46.3 Å². The summed E-state index contributed by atoms with van der Waals surface area (Å²) >= 11 is 7.64. The summed E-state index contributed by atoms with van der Waals surface area (Å²) in [7, 11) is -3.63. The number of sulfonamides is 1. The molecule has 0 radical (unpaired) electrons. The van der Waals surface area contributed by atoms with Gasteiger partial charge in [-0.3, -0.25) is 4.79 Å². The van der Waals surface area contributed by atoms with Crippen LogP contribution in [0, 0.1) is 19.3 Å². The Morgan fingerprint density at radius 2 is 1.74 bits per heavy atom. The summed E-state index contributed by atoms with van der Waals surface area (Å²) in [6.45, 7) is 7.19. The largest absolute Gasteiger partial charge is 0.304 e. The van der Waals surface area contributed by atoms with Gasteiger partial charge in [-0.1, -0.05) is 55.5 Å². The SMILES string of the molecule is C#CCn1c(=NC(=O)c2ccc(S(=O)(=O)N(CCCC)CCCC)cc2)sc2ccc(Cl)c(C)c21. The number of halogens is 1. The number of benzene rings is 2. The number of unbranched alkanes of at least 4 members (excludes halogenated alkanes) is 2. The van der Waals surface area contributed by atoms with E-state index >= 15 is 0 Å². The van der Waals surface area contributed by atoms with Crippen molar-refractivity contribution in [2.24, 2.45) is 4.99 Å². The summed E-state index contributed by atoms with van der Waals surface area (Å²) in [6, 6.07) is 9.68. The molecule has 2 aromatic carbocycles. The third-order valence-electron chi connectivity index (χ3n) is 5.74. The van der Waals surface area contributed by atoms with Gasteiger partial charge in [0.1, 0.15) is 0 Å². The van der Waals surface area contributed by atoms with Crippen molar-refractivity contribution in [1.82, 2.24) is 8.87 Å². The maximum Gasteiger partial charge on any atom is 0.279 e. The molecule has 1 heterocycles. The lowest BCUT2D eigenvalue weighted by atomic mass is 10.2. The summed E-state index contributed by atoms with van der Waals surface area (Å²) in [6.07, 6.45) is 8.99. The highest BCUT2D eigenvalue weighted by Gasteiger charge is 2.24. The van der Waals surface area contributed by atoms with Gasteiger partial charge in [0, 0.05) is 23.7 Å². The van der Waals surface area contributed by atoms with E-state index in [1.54, 1.807) is 4.57 Å². The van der Waals surface area contributed by atoms with Gasteiger partial charge < -0.3 is 4.57 Å². The Balaban J connectivity index is 1.95. The number of amides is 1. The number of hydrogen-bond donors (Lipinski definition) is 0. The maximum atomic E-state index is 13.2. The molecule has 0 spiro atoms. The highest BCUT2D eigenvalue weighted by molar-refractivity contribution is 7.89. The monoisotopic (exact) mass is 531 g/mol.